The van der Waals surface area contributed by atoms with Crippen molar-refractivity contribution >= 4 is 23.7 Å². The van der Waals surface area contributed by atoms with Gasteiger partial charge in [-0.05, 0) is 42.0 Å². The number of benzene rings is 3. The number of amides is 1. The minimum Gasteiger partial charge on any atom is -0.507 e. The van der Waals surface area contributed by atoms with Crippen LogP contribution in [0.15, 0.2) is 59.7 Å². The van der Waals surface area contributed by atoms with Gasteiger partial charge in [-0.15, -0.1) is 0 Å². The second kappa shape index (κ2) is 8.14. The Bertz CT molecular complexity index is 1070. The van der Waals surface area contributed by atoms with E-state index in [4.69, 9.17) is 11.6 Å². The van der Waals surface area contributed by atoms with Gasteiger partial charge in [0.05, 0.1) is 16.8 Å². The summed E-state index contributed by atoms with van der Waals surface area (Å²) < 4.78 is 40.7. The summed E-state index contributed by atoms with van der Waals surface area (Å²) in [6.45, 7) is 0. The van der Waals surface area contributed by atoms with Crippen LogP contribution >= 0.6 is 11.6 Å². The highest BCUT2D eigenvalue weighted by atomic mass is 35.5. The van der Waals surface area contributed by atoms with E-state index >= 15 is 0 Å². The molecule has 0 atom stereocenters. The van der Waals surface area contributed by atoms with Gasteiger partial charge in [0.25, 0.3) is 5.91 Å². The maximum atomic E-state index is 14.0. The summed E-state index contributed by atoms with van der Waals surface area (Å²) in [5, 5.41) is 13.7. The molecule has 4 nitrogen and oxygen atoms in total. The number of nitrogens with zero attached hydrogens (tertiary/aromatic N) is 1. The molecule has 0 unspecified atom stereocenters. The second-order valence-electron chi connectivity index (χ2n) is 5.69. The quantitative estimate of drug-likeness (QED) is 0.480. The molecular formula is C20H12ClF3N2O2. The number of phenolic OH excluding ortho intramolecular Hbond substituents is 1. The first-order chi connectivity index (χ1) is 13.4. The van der Waals surface area contributed by atoms with Crippen LogP contribution in [-0.2, 0) is 0 Å². The lowest BCUT2D eigenvalue weighted by Gasteiger charge is -2.08. The van der Waals surface area contributed by atoms with E-state index in [1.165, 1.54) is 42.5 Å². The lowest BCUT2D eigenvalue weighted by molar-refractivity contribution is 0.0952. The molecule has 0 aliphatic rings. The van der Waals surface area contributed by atoms with Crippen molar-refractivity contribution in [1.29, 1.82) is 0 Å². The SMILES string of the molecule is O=C(N/N=C\c1c(F)cccc1Cl)c1cc(-c2ccc(F)cc2F)ccc1O. The molecule has 1 amide bonds. The van der Waals surface area contributed by atoms with Crippen LogP contribution in [0.3, 0.4) is 0 Å². The highest BCUT2D eigenvalue weighted by molar-refractivity contribution is 6.33. The van der Waals surface area contributed by atoms with E-state index in [0.717, 1.165) is 12.3 Å². The molecule has 0 saturated carbocycles. The molecule has 3 aromatic rings. The number of hydrogen-bond donors (Lipinski definition) is 2. The second-order valence-corrected chi connectivity index (χ2v) is 6.10. The molecule has 0 aliphatic carbocycles. The van der Waals surface area contributed by atoms with E-state index in [-0.39, 0.29) is 33.0 Å². The van der Waals surface area contributed by atoms with Gasteiger partial charge in [-0.1, -0.05) is 23.7 Å². The number of hydrazone groups is 1. The van der Waals surface area contributed by atoms with Gasteiger partial charge >= 0.3 is 0 Å². The Hall–Kier alpha value is -3.32. The van der Waals surface area contributed by atoms with Crippen LogP contribution in [0.5, 0.6) is 5.75 Å². The Balaban J connectivity index is 1.85. The first-order valence-corrected chi connectivity index (χ1v) is 8.30. The van der Waals surface area contributed by atoms with Crippen LogP contribution < -0.4 is 5.43 Å². The summed E-state index contributed by atoms with van der Waals surface area (Å²) in [6.07, 6.45) is 1.02. The molecule has 3 rings (SSSR count). The van der Waals surface area contributed by atoms with E-state index in [1.54, 1.807) is 0 Å². The Morgan fingerprint density at radius 3 is 2.54 bits per heavy atom. The maximum Gasteiger partial charge on any atom is 0.275 e. The van der Waals surface area contributed by atoms with E-state index in [1.807, 2.05) is 0 Å². The number of nitrogens with one attached hydrogen (secondary N) is 1. The maximum absolute atomic E-state index is 14.0. The van der Waals surface area contributed by atoms with E-state index in [0.29, 0.717) is 6.07 Å². The third-order valence-corrected chi connectivity index (χ3v) is 4.17. The van der Waals surface area contributed by atoms with Crippen molar-refractivity contribution in [1.82, 2.24) is 5.43 Å². The van der Waals surface area contributed by atoms with Crippen LogP contribution in [0.2, 0.25) is 5.02 Å². The molecule has 0 bridgehead atoms. The summed E-state index contributed by atoms with van der Waals surface area (Å²) in [4.78, 5) is 12.3. The Labute approximate surface area is 162 Å². The zero-order valence-corrected chi connectivity index (χ0v) is 14.8. The number of carbonyl (C=O) groups excluding carboxylic acids is 1. The first kappa shape index (κ1) is 19.4. The Kier molecular flexibility index (Phi) is 5.65. The highest BCUT2D eigenvalue weighted by Gasteiger charge is 2.14. The zero-order chi connectivity index (χ0) is 20.3. The zero-order valence-electron chi connectivity index (χ0n) is 14.1. The van der Waals surface area contributed by atoms with Crippen molar-refractivity contribution < 1.29 is 23.1 Å². The minimum absolute atomic E-state index is 0.0178. The van der Waals surface area contributed by atoms with Gasteiger partial charge in [0.15, 0.2) is 0 Å². The van der Waals surface area contributed by atoms with Crippen molar-refractivity contribution in [3.8, 4) is 16.9 Å². The van der Waals surface area contributed by atoms with Crippen molar-refractivity contribution in [2.75, 3.05) is 0 Å². The predicted molar refractivity (Wildman–Crippen MR) is 99.9 cm³/mol. The lowest BCUT2D eigenvalue weighted by Crippen LogP contribution is -2.18. The number of rotatable bonds is 4. The molecule has 8 heteroatoms. The Morgan fingerprint density at radius 2 is 1.82 bits per heavy atom. The summed E-state index contributed by atoms with van der Waals surface area (Å²) in [7, 11) is 0. The van der Waals surface area contributed by atoms with Gasteiger partial charge in [-0.3, -0.25) is 4.79 Å². The van der Waals surface area contributed by atoms with E-state index in [2.05, 4.69) is 10.5 Å². The van der Waals surface area contributed by atoms with Gasteiger partial charge in [-0.2, -0.15) is 5.10 Å². The van der Waals surface area contributed by atoms with Crippen molar-refractivity contribution in [2.24, 2.45) is 5.10 Å². The average molecular weight is 405 g/mol. The van der Waals surface area contributed by atoms with Crippen molar-refractivity contribution in [3.05, 3.63) is 88.2 Å². The van der Waals surface area contributed by atoms with Crippen molar-refractivity contribution in [3.63, 3.8) is 0 Å². The topological polar surface area (TPSA) is 61.7 Å². The molecule has 2 N–H and O–H groups in total. The van der Waals surface area contributed by atoms with Crippen LogP contribution in [-0.4, -0.2) is 17.2 Å². The molecular weight excluding hydrogens is 393 g/mol. The summed E-state index contributed by atoms with van der Waals surface area (Å²) in [6, 6.07) is 10.9. The normalized spacial score (nSPS) is 11.0. The van der Waals surface area contributed by atoms with Crippen LogP contribution in [0.4, 0.5) is 13.2 Å². The number of carbonyl (C=O) groups is 1. The molecule has 0 aromatic heterocycles. The lowest BCUT2D eigenvalue weighted by atomic mass is 10.0. The molecule has 0 heterocycles. The summed E-state index contributed by atoms with van der Waals surface area (Å²) in [5.41, 5.74) is 2.23. The van der Waals surface area contributed by atoms with Gasteiger partial charge in [0, 0.05) is 17.2 Å². The van der Waals surface area contributed by atoms with Crippen molar-refractivity contribution in [2.45, 2.75) is 0 Å². The number of aromatic hydroxyl groups is 1. The largest absolute Gasteiger partial charge is 0.507 e. The van der Waals surface area contributed by atoms with Crippen LogP contribution in [0.1, 0.15) is 15.9 Å². The molecule has 0 aliphatic heterocycles. The molecule has 28 heavy (non-hydrogen) atoms. The average Bonchev–Trinajstić information content (AvgIpc) is 2.65. The molecule has 0 fully saturated rings. The fourth-order valence-corrected chi connectivity index (χ4v) is 2.67. The van der Waals surface area contributed by atoms with Gasteiger partial charge in [0.1, 0.15) is 23.2 Å². The standard InChI is InChI=1S/C20H12ClF3N2O2/c21-16-2-1-3-17(23)15(16)10-25-26-20(28)14-8-11(4-7-19(14)27)13-6-5-12(22)9-18(13)24/h1-10,27H,(H,26,28)/b25-10-. The third-order valence-electron chi connectivity index (χ3n) is 3.84. The van der Waals surface area contributed by atoms with E-state index in [9.17, 15) is 23.1 Å². The van der Waals surface area contributed by atoms with Crippen LogP contribution in [0, 0.1) is 17.5 Å². The predicted octanol–water partition coefficient (Wildman–Crippen LogP) is 4.89. The van der Waals surface area contributed by atoms with Gasteiger partial charge < -0.3 is 5.11 Å². The van der Waals surface area contributed by atoms with Crippen LogP contribution in [0.25, 0.3) is 11.1 Å². The van der Waals surface area contributed by atoms with Gasteiger partial charge in [-0.25, -0.2) is 18.6 Å². The molecule has 0 saturated heterocycles. The fraction of sp³-hybridized carbons (Fsp3) is 0. The molecule has 0 spiro atoms. The number of phenols is 1. The minimum atomic E-state index is -0.815. The number of hydrogen-bond acceptors (Lipinski definition) is 3. The van der Waals surface area contributed by atoms with Gasteiger partial charge in [0.2, 0.25) is 0 Å². The summed E-state index contributed by atoms with van der Waals surface area (Å²) >= 11 is 5.86. The molecule has 142 valence electrons. The third kappa shape index (κ3) is 4.15. The Morgan fingerprint density at radius 1 is 1.04 bits per heavy atom. The molecule has 3 aromatic carbocycles. The molecule has 0 radical (unpaired) electrons. The summed E-state index contributed by atoms with van der Waals surface area (Å²) in [5.74, 6) is -3.36. The first-order valence-electron chi connectivity index (χ1n) is 7.92. The number of halogens is 4. The fourth-order valence-electron chi connectivity index (χ4n) is 2.46. The van der Waals surface area contributed by atoms with E-state index < -0.39 is 23.4 Å². The monoisotopic (exact) mass is 404 g/mol. The highest BCUT2D eigenvalue weighted by Crippen LogP contribution is 2.28. The smallest absolute Gasteiger partial charge is 0.275 e.